The van der Waals surface area contributed by atoms with E-state index >= 15 is 0 Å². The summed E-state index contributed by atoms with van der Waals surface area (Å²) >= 11 is 11.2. The molecule has 8 heteroatoms. The van der Waals surface area contributed by atoms with E-state index in [2.05, 4.69) is 70.8 Å². The van der Waals surface area contributed by atoms with Crippen LogP contribution in [0, 0.1) is 5.92 Å². The summed E-state index contributed by atoms with van der Waals surface area (Å²) in [6.07, 6.45) is 3.34. The molecular formula is C38H38ClN3O3S. The molecule has 46 heavy (non-hydrogen) atoms. The predicted octanol–water partition coefficient (Wildman–Crippen LogP) is 8.36. The number of rotatable bonds is 14. The number of carbonyl (C=O) groups is 2. The van der Waals surface area contributed by atoms with Crippen molar-refractivity contribution in [3.63, 3.8) is 0 Å². The first-order valence-electron chi connectivity index (χ1n) is 15.6. The zero-order valence-electron chi connectivity index (χ0n) is 25.8. The third-order valence-corrected chi connectivity index (χ3v) is 8.93. The maximum Gasteiger partial charge on any atom is 0.336 e. The summed E-state index contributed by atoms with van der Waals surface area (Å²) in [5, 5.41) is 13.1. The van der Waals surface area contributed by atoms with Crippen molar-refractivity contribution in [1.82, 2.24) is 14.9 Å². The number of carbonyl (C=O) groups excluding carboxylic acids is 1. The Hall–Kier alpha value is -4.33. The van der Waals surface area contributed by atoms with E-state index in [1.807, 2.05) is 54.6 Å². The van der Waals surface area contributed by atoms with Gasteiger partial charge in [-0.15, -0.1) is 0 Å². The van der Waals surface area contributed by atoms with Crippen LogP contribution in [0.4, 0.5) is 0 Å². The quantitative estimate of drug-likeness (QED) is 0.105. The van der Waals surface area contributed by atoms with Crippen molar-refractivity contribution in [3.05, 3.63) is 136 Å². The van der Waals surface area contributed by atoms with E-state index in [1.165, 1.54) is 0 Å². The fourth-order valence-corrected chi connectivity index (χ4v) is 6.14. The van der Waals surface area contributed by atoms with Crippen molar-refractivity contribution in [2.45, 2.75) is 45.7 Å². The van der Waals surface area contributed by atoms with Crippen LogP contribution < -0.4 is 5.32 Å². The summed E-state index contributed by atoms with van der Waals surface area (Å²) in [5.41, 5.74) is 6.91. The fraction of sp³-hybridized carbons (Fsp3) is 0.237. The van der Waals surface area contributed by atoms with E-state index in [9.17, 15) is 14.7 Å². The standard InChI is InChI=1S/C38H38ClN3O3S/c1-2-3-13-35-41-36(39)34(42(35)24-27-16-20-30(21-17-27)32-11-7-8-12-33(32)38(44)45)23-40-37(43)31(25-46)22-26-14-18-29(19-15-26)28-9-5-4-6-10-28/h4-12,14-21,31,46H,2-3,13,22-25H2,1H3,(H,40,43)(H,44,45). The number of carboxylic acids is 1. The molecule has 0 aliphatic rings. The Morgan fingerprint density at radius 2 is 1.50 bits per heavy atom. The Labute approximate surface area is 280 Å². The van der Waals surface area contributed by atoms with Gasteiger partial charge in [0.2, 0.25) is 5.91 Å². The number of nitrogens with one attached hydrogen (secondary N) is 1. The van der Waals surface area contributed by atoms with Gasteiger partial charge < -0.3 is 15.0 Å². The third kappa shape index (κ3) is 8.08. The molecule has 0 saturated carbocycles. The lowest BCUT2D eigenvalue weighted by Gasteiger charge is -2.17. The van der Waals surface area contributed by atoms with E-state index in [-0.39, 0.29) is 23.9 Å². The number of aryl methyl sites for hydroxylation is 1. The topological polar surface area (TPSA) is 84.2 Å². The van der Waals surface area contributed by atoms with Gasteiger partial charge in [-0.3, -0.25) is 4.79 Å². The Kier molecular flexibility index (Phi) is 11.3. The second-order valence-corrected chi connectivity index (χ2v) is 12.1. The molecule has 0 saturated heterocycles. The number of carboxylic acid groups (broad SMARTS) is 1. The van der Waals surface area contributed by atoms with Crippen molar-refractivity contribution in [2.75, 3.05) is 5.75 Å². The Morgan fingerprint density at radius 1 is 0.870 bits per heavy atom. The number of halogens is 1. The van der Waals surface area contributed by atoms with Crippen LogP contribution in [0.3, 0.4) is 0 Å². The molecule has 0 radical (unpaired) electrons. The molecule has 4 aromatic carbocycles. The molecule has 5 aromatic rings. The summed E-state index contributed by atoms with van der Waals surface area (Å²) in [6.45, 7) is 2.91. The zero-order valence-corrected chi connectivity index (χ0v) is 27.5. The zero-order chi connectivity index (χ0) is 32.5. The smallest absolute Gasteiger partial charge is 0.336 e. The molecule has 0 fully saturated rings. The number of hydrogen-bond acceptors (Lipinski definition) is 4. The molecule has 2 N–H and O–H groups in total. The fourth-order valence-electron chi connectivity index (χ4n) is 5.58. The molecule has 1 aromatic heterocycles. The van der Waals surface area contributed by atoms with Crippen LogP contribution in [0.2, 0.25) is 5.15 Å². The molecule has 0 bridgehead atoms. The molecule has 0 spiro atoms. The van der Waals surface area contributed by atoms with E-state index < -0.39 is 5.97 Å². The minimum absolute atomic E-state index is 0.0810. The number of nitrogens with zero attached hydrogens (tertiary/aromatic N) is 2. The van der Waals surface area contributed by atoms with Crippen LogP contribution in [0.1, 0.15) is 52.8 Å². The van der Waals surface area contributed by atoms with Crippen LogP contribution in [-0.4, -0.2) is 32.3 Å². The first kappa shape index (κ1) is 33.0. The van der Waals surface area contributed by atoms with Gasteiger partial charge in [-0.1, -0.05) is 122 Å². The number of imidazole rings is 1. The summed E-state index contributed by atoms with van der Waals surface area (Å²) in [6, 6.07) is 33.4. The number of aromatic nitrogens is 2. The average Bonchev–Trinajstić information content (AvgIpc) is 3.38. The number of amides is 1. The highest BCUT2D eigenvalue weighted by atomic mass is 35.5. The first-order chi connectivity index (χ1) is 22.4. The van der Waals surface area contributed by atoms with Crippen molar-refractivity contribution < 1.29 is 14.7 Å². The molecule has 6 nitrogen and oxygen atoms in total. The van der Waals surface area contributed by atoms with E-state index in [1.54, 1.807) is 12.1 Å². The van der Waals surface area contributed by atoms with E-state index in [0.29, 0.717) is 29.4 Å². The number of benzene rings is 4. The second-order valence-electron chi connectivity index (χ2n) is 11.4. The number of aromatic carboxylic acids is 1. The van der Waals surface area contributed by atoms with Crippen LogP contribution in [0.15, 0.2) is 103 Å². The maximum atomic E-state index is 13.4. The Bertz CT molecular complexity index is 1770. The van der Waals surface area contributed by atoms with Crippen molar-refractivity contribution in [2.24, 2.45) is 5.92 Å². The van der Waals surface area contributed by atoms with Crippen LogP contribution in [-0.2, 0) is 30.7 Å². The van der Waals surface area contributed by atoms with Gasteiger partial charge in [0, 0.05) is 18.7 Å². The van der Waals surface area contributed by atoms with Crippen LogP contribution >= 0.6 is 24.2 Å². The molecule has 0 aliphatic carbocycles. The predicted molar refractivity (Wildman–Crippen MR) is 189 cm³/mol. The van der Waals surface area contributed by atoms with Gasteiger partial charge in [-0.05, 0) is 52.3 Å². The minimum Gasteiger partial charge on any atom is -0.478 e. The second kappa shape index (κ2) is 15.8. The van der Waals surface area contributed by atoms with Gasteiger partial charge in [0.15, 0.2) is 5.15 Å². The summed E-state index contributed by atoms with van der Waals surface area (Å²) in [7, 11) is 0. The van der Waals surface area contributed by atoms with Gasteiger partial charge >= 0.3 is 5.97 Å². The van der Waals surface area contributed by atoms with Gasteiger partial charge in [0.25, 0.3) is 0 Å². The molecule has 1 heterocycles. The molecule has 0 aliphatic heterocycles. The lowest BCUT2D eigenvalue weighted by molar-refractivity contribution is -0.124. The number of hydrogen-bond donors (Lipinski definition) is 3. The van der Waals surface area contributed by atoms with Gasteiger partial charge in [0.05, 0.1) is 23.7 Å². The molecule has 5 rings (SSSR count). The normalized spacial score (nSPS) is 11.7. The minimum atomic E-state index is -0.957. The summed E-state index contributed by atoms with van der Waals surface area (Å²) in [4.78, 5) is 29.8. The molecular weight excluding hydrogens is 614 g/mol. The van der Waals surface area contributed by atoms with Gasteiger partial charge in [0.1, 0.15) is 5.82 Å². The van der Waals surface area contributed by atoms with E-state index in [0.717, 1.165) is 58.6 Å². The van der Waals surface area contributed by atoms with Gasteiger partial charge in [-0.25, -0.2) is 9.78 Å². The number of thiol groups is 1. The highest BCUT2D eigenvalue weighted by Crippen LogP contribution is 2.26. The van der Waals surface area contributed by atoms with Crippen LogP contribution in [0.25, 0.3) is 22.3 Å². The lowest BCUT2D eigenvalue weighted by Crippen LogP contribution is -2.33. The van der Waals surface area contributed by atoms with Crippen LogP contribution in [0.5, 0.6) is 0 Å². The van der Waals surface area contributed by atoms with Crippen molar-refractivity contribution >= 4 is 36.1 Å². The third-order valence-electron chi connectivity index (χ3n) is 8.18. The Morgan fingerprint density at radius 3 is 2.17 bits per heavy atom. The maximum absolute atomic E-state index is 13.4. The summed E-state index contributed by atoms with van der Waals surface area (Å²) < 4.78 is 2.09. The highest BCUT2D eigenvalue weighted by Gasteiger charge is 2.21. The molecule has 1 amide bonds. The average molecular weight is 652 g/mol. The molecule has 1 atom stereocenters. The van der Waals surface area contributed by atoms with E-state index in [4.69, 9.17) is 11.6 Å². The van der Waals surface area contributed by atoms with Crippen molar-refractivity contribution in [3.8, 4) is 22.3 Å². The summed E-state index contributed by atoms with van der Waals surface area (Å²) in [5.74, 6) is -0.0515. The monoisotopic (exact) mass is 651 g/mol. The SMILES string of the molecule is CCCCc1nc(Cl)c(CNC(=O)C(CS)Cc2ccc(-c3ccccc3)cc2)n1Cc1ccc(-c2ccccc2C(=O)O)cc1. The molecule has 1 unspecified atom stereocenters. The van der Waals surface area contributed by atoms with Crippen molar-refractivity contribution in [1.29, 1.82) is 0 Å². The lowest BCUT2D eigenvalue weighted by atomic mass is 9.97. The molecule has 236 valence electrons. The Balaban J connectivity index is 1.29. The highest BCUT2D eigenvalue weighted by molar-refractivity contribution is 7.80. The van der Waals surface area contributed by atoms with Gasteiger partial charge in [-0.2, -0.15) is 12.6 Å². The first-order valence-corrected chi connectivity index (χ1v) is 16.6. The largest absolute Gasteiger partial charge is 0.478 e. The number of unbranched alkanes of at least 4 members (excludes halogenated alkanes) is 1.